The summed E-state index contributed by atoms with van der Waals surface area (Å²) in [6.07, 6.45) is 1.28. The van der Waals surface area contributed by atoms with Crippen molar-refractivity contribution in [3.05, 3.63) is 47.5 Å². The molecule has 3 aliphatic rings. The molecule has 202 valence electrons. The molecule has 2 fully saturated rings. The summed E-state index contributed by atoms with van der Waals surface area (Å²) in [7, 11) is 1.38. The van der Waals surface area contributed by atoms with Crippen LogP contribution in [0, 0.1) is 0 Å². The SMILES string of the molecule is COC(=O)N1CCCN(c2ccc(C(=O)N3CCCNCC3)cc2NC(=O)c2ccc3c(c2)OCO3)CC1. The van der Waals surface area contributed by atoms with E-state index in [1.54, 1.807) is 29.2 Å². The summed E-state index contributed by atoms with van der Waals surface area (Å²) in [6.45, 7) is 5.40. The number of anilines is 2. The van der Waals surface area contributed by atoms with Gasteiger partial charge < -0.3 is 39.5 Å². The Hall–Kier alpha value is -3.99. The molecule has 2 saturated heterocycles. The number of methoxy groups -OCH3 is 1. The van der Waals surface area contributed by atoms with E-state index in [0.717, 1.165) is 31.6 Å². The van der Waals surface area contributed by atoms with Crippen molar-refractivity contribution in [3.8, 4) is 11.5 Å². The molecular formula is C27H33N5O6. The molecule has 0 aliphatic carbocycles. The molecule has 2 N–H and O–H groups in total. The molecule has 3 aliphatic heterocycles. The van der Waals surface area contributed by atoms with Gasteiger partial charge in [0.2, 0.25) is 6.79 Å². The van der Waals surface area contributed by atoms with E-state index in [1.807, 2.05) is 17.0 Å². The maximum absolute atomic E-state index is 13.4. The molecule has 0 atom stereocenters. The molecule has 0 radical (unpaired) electrons. The van der Waals surface area contributed by atoms with Crippen LogP contribution in [-0.4, -0.2) is 94.0 Å². The van der Waals surface area contributed by atoms with Crippen molar-refractivity contribution in [2.75, 3.05) is 76.5 Å². The van der Waals surface area contributed by atoms with Crippen LogP contribution in [0.3, 0.4) is 0 Å². The minimum atomic E-state index is -0.351. The lowest BCUT2D eigenvalue weighted by Crippen LogP contribution is -2.35. The first-order valence-electron chi connectivity index (χ1n) is 13.0. The summed E-state index contributed by atoms with van der Waals surface area (Å²) in [4.78, 5) is 44.4. The monoisotopic (exact) mass is 523 g/mol. The highest BCUT2D eigenvalue weighted by Crippen LogP contribution is 2.34. The lowest BCUT2D eigenvalue weighted by atomic mass is 10.1. The van der Waals surface area contributed by atoms with Crippen LogP contribution in [0.15, 0.2) is 36.4 Å². The zero-order valence-electron chi connectivity index (χ0n) is 21.5. The van der Waals surface area contributed by atoms with E-state index in [-0.39, 0.29) is 24.7 Å². The molecule has 0 saturated carbocycles. The maximum atomic E-state index is 13.4. The second kappa shape index (κ2) is 11.6. The molecule has 11 heteroatoms. The highest BCUT2D eigenvalue weighted by molar-refractivity contribution is 6.07. The summed E-state index contributed by atoms with van der Waals surface area (Å²) < 4.78 is 15.7. The predicted octanol–water partition coefficient (Wildman–Crippen LogP) is 2.38. The van der Waals surface area contributed by atoms with E-state index in [1.165, 1.54) is 7.11 Å². The Morgan fingerprint density at radius 2 is 1.66 bits per heavy atom. The number of carbonyl (C=O) groups is 3. The van der Waals surface area contributed by atoms with Crippen molar-refractivity contribution in [2.45, 2.75) is 12.8 Å². The van der Waals surface area contributed by atoms with E-state index in [4.69, 9.17) is 14.2 Å². The number of benzene rings is 2. The first-order chi connectivity index (χ1) is 18.5. The van der Waals surface area contributed by atoms with Crippen molar-refractivity contribution in [1.82, 2.24) is 15.1 Å². The van der Waals surface area contributed by atoms with Crippen LogP contribution in [0.5, 0.6) is 11.5 Å². The maximum Gasteiger partial charge on any atom is 0.409 e. The molecule has 0 spiro atoms. The number of fused-ring (bicyclic) bond motifs is 1. The van der Waals surface area contributed by atoms with Crippen LogP contribution in [0.4, 0.5) is 16.2 Å². The fraction of sp³-hybridized carbons (Fsp3) is 0.444. The quantitative estimate of drug-likeness (QED) is 0.628. The lowest BCUT2D eigenvalue weighted by Gasteiger charge is -2.27. The van der Waals surface area contributed by atoms with Gasteiger partial charge in [0.05, 0.1) is 18.5 Å². The van der Waals surface area contributed by atoms with Crippen LogP contribution < -0.4 is 25.0 Å². The van der Waals surface area contributed by atoms with Crippen LogP contribution in [0.25, 0.3) is 0 Å². The number of carbonyl (C=O) groups excluding carboxylic acids is 3. The Bertz CT molecular complexity index is 1200. The number of hydrogen-bond acceptors (Lipinski definition) is 8. The molecule has 3 amide bonds. The molecule has 0 aromatic heterocycles. The van der Waals surface area contributed by atoms with Gasteiger partial charge in [-0.1, -0.05) is 0 Å². The number of rotatable bonds is 4. The highest BCUT2D eigenvalue weighted by atomic mass is 16.7. The van der Waals surface area contributed by atoms with Crippen molar-refractivity contribution in [3.63, 3.8) is 0 Å². The van der Waals surface area contributed by atoms with Gasteiger partial charge in [0.25, 0.3) is 11.8 Å². The van der Waals surface area contributed by atoms with Gasteiger partial charge in [-0.2, -0.15) is 0 Å². The standard InChI is InChI=1S/C27H33N5O6/c1-36-27(35)32-12-3-11-30(14-15-32)22-6-4-20(26(34)31-10-2-8-28-9-13-31)16-21(22)29-25(33)19-5-7-23-24(17-19)38-18-37-23/h4-7,16-17,28H,2-3,8-15,18H2,1H3,(H,29,33). The van der Waals surface area contributed by atoms with Gasteiger partial charge in [-0.15, -0.1) is 0 Å². The minimum absolute atomic E-state index is 0.0634. The van der Waals surface area contributed by atoms with Gasteiger partial charge in [0.1, 0.15) is 0 Å². The normalized spacial score (nSPS) is 17.4. The summed E-state index contributed by atoms with van der Waals surface area (Å²) in [5.74, 6) is 0.735. The summed E-state index contributed by atoms with van der Waals surface area (Å²) in [6, 6.07) is 10.5. The summed E-state index contributed by atoms with van der Waals surface area (Å²) >= 11 is 0. The molecule has 2 aromatic carbocycles. The Labute approximate surface area is 221 Å². The van der Waals surface area contributed by atoms with Gasteiger partial charge in [-0.3, -0.25) is 9.59 Å². The molecule has 11 nitrogen and oxygen atoms in total. The molecular weight excluding hydrogens is 490 g/mol. The van der Waals surface area contributed by atoms with Gasteiger partial charge in [-0.05, 0) is 55.8 Å². The number of ether oxygens (including phenoxy) is 3. The second-order valence-electron chi connectivity index (χ2n) is 9.45. The summed E-state index contributed by atoms with van der Waals surface area (Å²) in [5.41, 5.74) is 2.27. The van der Waals surface area contributed by atoms with Crippen molar-refractivity contribution >= 4 is 29.3 Å². The van der Waals surface area contributed by atoms with Crippen molar-refractivity contribution in [2.24, 2.45) is 0 Å². The van der Waals surface area contributed by atoms with Gasteiger partial charge >= 0.3 is 6.09 Å². The number of nitrogens with one attached hydrogen (secondary N) is 2. The number of amides is 3. The van der Waals surface area contributed by atoms with E-state index in [9.17, 15) is 14.4 Å². The average Bonchev–Trinajstić information content (AvgIpc) is 3.10. The van der Waals surface area contributed by atoms with Gasteiger partial charge in [0.15, 0.2) is 11.5 Å². The minimum Gasteiger partial charge on any atom is -0.454 e. The zero-order valence-corrected chi connectivity index (χ0v) is 21.5. The van der Waals surface area contributed by atoms with Crippen molar-refractivity contribution < 1.29 is 28.6 Å². The van der Waals surface area contributed by atoms with Crippen LogP contribution >= 0.6 is 0 Å². The average molecular weight is 524 g/mol. The third-order valence-electron chi connectivity index (χ3n) is 7.02. The number of nitrogens with zero attached hydrogens (tertiary/aromatic N) is 3. The van der Waals surface area contributed by atoms with Crippen molar-refractivity contribution in [1.29, 1.82) is 0 Å². The van der Waals surface area contributed by atoms with E-state index in [2.05, 4.69) is 15.5 Å². The Morgan fingerprint density at radius 1 is 0.842 bits per heavy atom. The smallest absolute Gasteiger partial charge is 0.409 e. The molecule has 3 heterocycles. The van der Waals surface area contributed by atoms with E-state index >= 15 is 0 Å². The highest BCUT2D eigenvalue weighted by Gasteiger charge is 2.25. The van der Waals surface area contributed by atoms with E-state index in [0.29, 0.717) is 67.6 Å². The number of hydrogen-bond donors (Lipinski definition) is 2. The van der Waals surface area contributed by atoms with Crippen LogP contribution in [0.2, 0.25) is 0 Å². The van der Waals surface area contributed by atoms with Gasteiger partial charge in [-0.25, -0.2) is 4.79 Å². The summed E-state index contributed by atoms with van der Waals surface area (Å²) in [5, 5.41) is 6.34. The molecule has 0 unspecified atom stereocenters. The molecule has 38 heavy (non-hydrogen) atoms. The fourth-order valence-electron chi connectivity index (χ4n) is 4.98. The third kappa shape index (κ3) is 5.62. The third-order valence-corrected chi connectivity index (χ3v) is 7.02. The zero-order chi connectivity index (χ0) is 26.5. The van der Waals surface area contributed by atoms with Crippen LogP contribution in [0.1, 0.15) is 33.6 Å². The Morgan fingerprint density at radius 3 is 2.53 bits per heavy atom. The van der Waals surface area contributed by atoms with E-state index < -0.39 is 0 Å². The Kier molecular flexibility index (Phi) is 7.83. The van der Waals surface area contributed by atoms with Gasteiger partial charge in [0, 0.05) is 56.9 Å². The Balaban J connectivity index is 1.42. The molecule has 2 aromatic rings. The largest absolute Gasteiger partial charge is 0.454 e. The topological polar surface area (TPSA) is 113 Å². The van der Waals surface area contributed by atoms with Crippen LogP contribution in [-0.2, 0) is 4.74 Å². The second-order valence-corrected chi connectivity index (χ2v) is 9.45. The fourth-order valence-corrected chi connectivity index (χ4v) is 4.98. The predicted molar refractivity (Wildman–Crippen MR) is 141 cm³/mol. The first-order valence-corrected chi connectivity index (χ1v) is 13.0. The molecule has 5 rings (SSSR count). The first kappa shape index (κ1) is 25.7. The lowest BCUT2D eigenvalue weighted by molar-refractivity contribution is 0.0766. The molecule has 0 bridgehead atoms.